The fraction of sp³-hybridized carbons (Fsp3) is 0.400. The Morgan fingerprint density at radius 2 is 2.03 bits per heavy atom. The molecule has 158 valence electrons. The van der Waals surface area contributed by atoms with Gasteiger partial charge in [0.2, 0.25) is 5.91 Å². The van der Waals surface area contributed by atoms with Crippen LogP contribution >= 0.6 is 35.3 Å². The van der Waals surface area contributed by atoms with Crippen LogP contribution in [-0.2, 0) is 4.79 Å². The Balaban J connectivity index is 0.00000300. The van der Waals surface area contributed by atoms with Gasteiger partial charge in [0.05, 0.1) is 12.6 Å². The minimum Gasteiger partial charge on any atom is -0.354 e. The normalized spacial score (nSPS) is 15.4. The molecule has 0 spiro atoms. The van der Waals surface area contributed by atoms with Crippen LogP contribution in [0.3, 0.4) is 0 Å². The molecule has 0 radical (unpaired) electrons. The summed E-state index contributed by atoms with van der Waals surface area (Å²) in [6, 6.07) is 10.4. The molecule has 29 heavy (non-hydrogen) atoms. The molecule has 2 aromatic rings. The van der Waals surface area contributed by atoms with E-state index in [0.717, 1.165) is 13.1 Å². The third kappa shape index (κ3) is 7.23. The molecular weight excluding hydrogens is 504 g/mol. The topological polar surface area (TPSA) is 68.8 Å². The lowest BCUT2D eigenvalue weighted by atomic mass is 10.2. The monoisotopic (exact) mass is 531 g/mol. The molecule has 0 saturated carbocycles. The number of carbonyl (C=O) groups is 1. The van der Waals surface area contributed by atoms with E-state index in [2.05, 4.69) is 43.4 Å². The second-order valence-corrected chi connectivity index (χ2v) is 7.62. The molecule has 0 aliphatic carbocycles. The van der Waals surface area contributed by atoms with Crippen LogP contribution in [0.15, 0.2) is 46.8 Å². The van der Waals surface area contributed by atoms with Gasteiger partial charge in [-0.1, -0.05) is 12.1 Å². The zero-order valence-corrected chi connectivity index (χ0v) is 19.5. The van der Waals surface area contributed by atoms with Crippen LogP contribution in [0.25, 0.3) is 0 Å². The van der Waals surface area contributed by atoms with E-state index in [1.54, 1.807) is 30.5 Å². The van der Waals surface area contributed by atoms with Crippen LogP contribution in [0.4, 0.5) is 10.1 Å². The summed E-state index contributed by atoms with van der Waals surface area (Å²) in [6.07, 6.45) is 2.46. The first-order chi connectivity index (χ1) is 13.7. The minimum absolute atomic E-state index is 0. The molecule has 1 aliphatic heterocycles. The van der Waals surface area contributed by atoms with Gasteiger partial charge in [-0.25, -0.2) is 4.39 Å². The molecule has 1 amide bonds. The number of halogens is 2. The van der Waals surface area contributed by atoms with E-state index in [9.17, 15) is 9.18 Å². The first kappa shape index (κ1) is 23.6. The van der Waals surface area contributed by atoms with E-state index in [1.807, 2.05) is 0 Å². The number of likely N-dealkylation sites (tertiary alicyclic amines) is 1. The predicted octanol–water partition coefficient (Wildman–Crippen LogP) is 3.45. The Bertz CT molecular complexity index is 796. The zero-order chi connectivity index (χ0) is 19.8. The van der Waals surface area contributed by atoms with E-state index in [-0.39, 0.29) is 42.2 Å². The summed E-state index contributed by atoms with van der Waals surface area (Å²) >= 11 is 1.76. The smallest absolute Gasteiger partial charge is 0.243 e. The summed E-state index contributed by atoms with van der Waals surface area (Å²) in [4.78, 5) is 20.1. The van der Waals surface area contributed by atoms with Gasteiger partial charge in [0.25, 0.3) is 0 Å². The van der Waals surface area contributed by atoms with Gasteiger partial charge in [-0.05, 0) is 55.6 Å². The van der Waals surface area contributed by atoms with Gasteiger partial charge in [0, 0.05) is 24.2 Å². The number of hydrogen-bond acceptors (Lipinski definition) is 4. The van der Waals surface area contributed by atoms with Crippen LogP contribution in [0, 0.1) is 5.82 Å². The minimum atomic E-state index is -0.384. The third-order valence-corrected chi connectivity index (χ3v) is 5.64. The number of hydrogen-bond donors (Lipinski definition) is 3. The van der Waals surface area contributed by atoms with Crippen molar-refractivity contribution in [2.75, 3.05) is 38.5 Å². The lowest BCUT2D eigenvalue weighted by Gasteiger charge is -2.27. The zero-order valence-electron chi connectivity index (χ0n) is 16.4. The number of guanidine groups is 1. The first-order valence-corrected chi connectivity index (χ1v) is 10.3. The molecule has 3 N–H and O–H groups in total. The van der Waals surface area contributed by atoms with E-state index < -0.39 is 0 Å². The summed E-state index contributed by atoms with van der Waals surface area (Å²) in [7, 11) is 1.68. The van der Waals surface area contributed by atoms with Crippen molar-refractivity contribution in [3.8, 4) is 0 Å². The number of aliphatic imine (C=N–C) groups is 1. The van der Waals surface area contributed by atoms with Gasteiger partial charge < -0.3 is 16.0 Å². The number of thiophene rings is 1. The van der Waals surface area contributed by atoms with Crippen LogP contribution < -0.4 is 16.0 Å². The number of nitrogens with zero attached hydrogens (tertiary/aromatic N) is 2. The Morgan fingerprint density at radius 1 is 1.24 bits per heavy atom. The quantitative estimate of drug-likeness (QED) is 0.291. The van der Waals surface area contributed by atoms with E-state index in [0.29, 0.717) is 24.2 Å². The van der Waals surface area contributed by atoms with Crippen molar-refractivity contribution >= 4 is 52.9 Å². The van der Waals surface area contributed by atoms with E-state index in [1.165, 1.54) is 29.9 Å². The number of carbonyl (C=O) groups excluding carboxylic acids is 1. The van der Waals surface area contributed by atoms with Gasteiger partial charge >= 0.3 is 0 Å². The summed E-state index contributed by atoms with van der Waals surface area (Å²) in [5.41, 5.74) is 0.432. The van der Waals surface area contributed by atoms with Crippen molar-refractivity contribution in [1.29, 1.82) is 0 Å². The van der Waals surface area contributed by atoms with Gasteiger partial charge in [0.1, 0.15) is 5.82 Å². The largest absolute Gasteiger partial charge is 0.354 e. The molecule has 1 unspecified atom stereocenters. The highest BCUT2D eigenvalue weighted by Crippen LogP contribution is 2.27. The first-order valence-electron chi connectivity index (χ1n) is 9.43. The third-order valence-electron chi connectivity index (χ3n) is 4.66. The van der Waals surface area contributed by atoms with Crippen molar-refractivity contribution in [3.63, 3.8) is 0 Å². The summed E-state index contributed by atoms with van der Waals surface area (Å²) in [5.74, 6) is -0.0807. The molecule has 1 saturated heterocycles. The number of rotatable bonds is 7. The van der Waals surface area contributed by atoms with Gasteiger partial charge in [-0.3, -0.25) is 14.7 Å². The Morgan fingerprint density at radius 3 is 2.69 bits per heavy atom. The number of benzene rings is 1. The van der Waals surface area contributed by atoms with Crippen LogP contribution in [-0.4, -0.2) is 50.0 Å². The van der Waals surface area contributed by atoms with Crippen molar-refractivity contribution in [2.24, 2.45) is 4.99 Å². The lowest BCUT2D eigenvalue weighted by Crippen LogP contribution is -2.44. The highest BCUT2D eigenvalue weighted by Gasteiger charge is 2.24. The second kappa shape index (κ2) is 12.1. The Hall–Kier alpha value is -1.72. The number of amides is 1. The van der Waals surface area contributed by atoms with Crippen molar-refractivity contribution in [3.05, 3.63) is 52.5 Å². The molecule has 1 aliphatic rings. The van der Waals surface area contributed by atoms with E-state index in [4.69, 9.17) is 0 Å². The highest BCUT2D eigenvalue weighted by molar-refractivity contribution is 14.0. The van der Waals surface area contributed by atoms with Crippen molar-refractivity contribution < 1.29 is 9.18 Å². The summed E-state index contributed by atoms with van der Waals surface area (Å²) < 4.78 is 13.2. The average Bonchev–Trinajstić information content (AvgIpc) is 3.39. The molecule has 1 fully saturated rings. The van der Waals surface area contributed by atoms with Gasteiger partial charge in [-0.2, -0.15) is 0 Å². The maximum Gasteiger partial charge on any atom is 0.243 e. The van der Waals surface area contributed by atoms with Crippen LogP contribution in [0.5, 0.6) is 0 Å². The van der Waals surface area contributed by atoms with Crippen molar-refractivity contribution in [2.45, 2.75) is 18.9 Å². The standard InChI is InChI=1S/C20H26FN5OS.HI/c1-22-20(24-14-19(27)25-16-7-4-6-15(21)12-16)23-13-17(18-8-5-11-28-18)26-9-2-3-10-26;/h4-8,11-12,17H,2-3,9-10,13-14H2,1H3,(H,25,27)(H2,22,23,24);1H. The fourth-order valence-corrected chi connectivity index (χ4v) is 4.15. The maximum absolute atomic E-state index is 13.2. The molecule has 9 heteroatoms. The molecule has 1 aromatic heterocycles. The summed E-state index contributed by atoms with van der Waals surface area (Å²) in [5, 5.41) is 11.1. The fourth-order valence-electron chi connectivity index (χ4n) is 3.29. The van der Waals surface area contributed by atoms with Crippen LogP contribution in [0.1, 0.15) is 23.8 Å². The molecule has 1 aromatic carbocycles. The van der Waals surface area contributed by atoms with Gasteiger partial charge in [-0.15, -0.1) is 35.3 Å². The number of anilines is 1. The average molecular weight is 531 g/mol. The Labute approximate surface area is 192 Å². The number of nitrogens with one attached hydrogen (secondary N) is 3. The SMILES string of the molecule is CN=C(NCC(=O)Nc1cccc(F)c1)NCC(c1cccs1)N1CCCC1.I. The molecule has 3 rings (SSSR count). The van der Waals surface area contributed by atoms with Gasteiger partial charge in [0.15, 0.2) is 5.96 Å². The highest BCUT2D eigenvalue weighted by atomic mass is 127. The molecule has 0 bridgehead atoms. The second-order valence-electron chi connectivity index (χ2n) is 6.64. The summed E-state index contributed by atoms with van der Waals surface area (Å²) in [6.45, 7) is 2.97. The molecule has 2 heterocycles. The Kier molecular flexibility index (Phi) is 9.82. The molecule has 1 atom stereocenters. The molecule has 6 nitrogen and oxygen atoms in total. The predicted molar refractivity (Wildman–Crippen MR) is 128 cm³/mol. The lowest BCUT2D eigenvalue weighted by molar-refractivity contribution is -0.115. The van der Waals surface area contributed by atoms with Crippen molar-refractivity contribution in [1.82, 2.24) is 15.5 Å². The van der Waals surface area contributed by atoms with E-state index >= 15 is 0 Å². The van der Waals surface area contributed by atoms with Crippen LogP contribution in [0.2, 0.25) is 0 Å². The molecular formula is C20H27FIN5OS. The maximum atomic E-state index is 13.2.